The van der Waals surface area contributed by atoms with Gasteiger partial charge in [-0.1, -0.05) is 30.0 Å². The van der Waals surface area contributed by atoms with E-state index in [-0.39, 0.29) is 29.0 Å². The van der Waals surface area contributed by atoms with Crippen molar-refractivity contribution < 1.29 is 19.4 Å². The number of methoxy groups -OCH3 is 1. The van der Waals surface area contributed by atoms with E-state index >= 15 is 0 Å². The number of aliphatic hydroxyl groups is 1. The second-order valence-electron chi connectivity index (χ2n) is 6.25. The van der Waals surface area contributed by atoms with Crippen LogP contribution in [-0.4, -0.2) is 28.5 Å². The van der Waals surface area contributed by atoms with Gasteiger partial charge in [-0.05, 0) is 30.3 Å². The van der Waals surface area contributed by atoms with Crippen molar-refractivity contribution in [2.45, 2.75) is 16.3 Å². The summed E-state index contributed by atoms with van der Waals surface area (Å²) in [6.07, 6.45) is 0. The number of hydrogen-bond acceptors (Lipinski definition) is 7. The molecule has 29 heavy (non-hydrogen) atoms. The third-order valence-corrected chi connectivity index (χ3v) is 5.60. The molecule has 7 nitrogen and oxygen atoms in total. The number of benzene rings is 2. The topological polar surface area (TPSA) is 102 Å². The Hall–Kier alpha value is -3.23. The lowest BCUT2D eigenvalue weighted by Crippen LogP contribution is -2.23. The number of pyridine rings is 1. The highest BCUT2D eigenvalue weighted by Crippen LogP contribution is 2.37. The first-order valence-electron chi connectivity index (χ1n) is 8.79. The number of ether oxygens (including phenoxy) is 1. The number of hydrogen-bond donors (Lipinski definition) is 2. The molecule has 4 rings (SSSR count). The van der Waals surface area contributed by atoms with Crippen LogP contribution >= 0.6 is 11.8 Å². The maximum absolute atomic E-state index is 13.1. The molecule has 8 heteroatoms. The minimum atomic E-state index is -0.743. The van der Waals surface area contributed by atoms with Crippen molar-refractivity contribution in [3.05, 3.63) is 69.3 Å². The van der Waals surface area contributed by atoms with Crippen LogP contribution in [0.4, 0.5) is 0 Å². The Morgan fingerprint density at radius 3 is 2.69 bits per heavy atom. The van der Waals surface area contributed by atoms with E-state index < -0.39 is 16.9 Å². The highest BCUT2D eigenvalue weighted by Gasteiger charge is 2.22. The normalized spacial score (nSPS) is 11.2. The maximum Gasteiger partial charge on any atom is 0.354 e. The molecule has 4 aromatic rings. The summed E-state index contributed by atoms with van der Waals surface area (Å²) in [7, 11) is 1.53. The van der Waals surface area contributed by atoms with Crippen LogP contribution in [0.5, 0.6) is 11.5 Å². The van der Waals surface area contributed by atoms with Gasteiger partial charge in [0.05, 0.1) is 19.2 Å². The summed E-state index contributed by atoms with van der Waals surface area (Å²) in [5.74, 6) is 0.155. The molecule has 0 atom stereocenters. The monoisotopic (exact) mass is 411 g/mol. The summed E-state index contributed by atoms with van der Waals surface area (Å²) in [4.78, 5) is 26.3. The zero-order valence-electron chi connectivity index (χ0n) is 15.4. The van der Waals surface area contributed by atoms with Crippen molar-refractivity contribution in [1.82, 2.24) is 4.57 Å². The number of aromatic nitrogens is 1. The van der Waals surface area contributed by atoms with E-state index in [1.54, 1.807) is 48.5 Å². The van der Waals surface area contributed by atoms with E-state index in [4.69, 9.17) is 9.15 Å². The molecule has 0 spiro atoms. The molecule has 0 amide bonds. The van der Waals surface area contributed by atoms with Gasteiger partial charge in [0.1, 0.15) is 16.0 Å². The molecule has 0 aliphatic rings. The highest BCUT2D eigenvalue weighted by molar-refractivity contribution is 7.99. The van der Waals surface area contributed by atoms with Crippen LogP contribution in [0.3, 0.4) is 0 Å². The molecule has 0 saturated carbocycles. The molecule has 2 N–H and O–H groups in total. The van der Waals surface area contributed by atoms with E-state index in [2.05, 4.69) is 0 Å². The van der Waals surface area contributed by atoms with Crippen molar-refractivity contribution >= 4 is 33.6 Å². The van der Waals surface area contributed by atoms with Gasteiger partial charge < -0.3 is 23.9 Å². The number of fused-ring (bicyclic) bond motifs is 3. The highest BCUT2D eigenvalue weighted by atomic mass is 32.2. The molecule has 0 bridgehead atoms. The lowest BCUT2D eigenvalue weighted by Gasteiger charge is -2.13. The predicted molar refractivity (Wildman–Crippen MR) is 110 cm³/mol. The van der Waals surface area contributed by atoms with Crippen LogP contribution in [0, 0.1) is 0 Å². The van der Waals surface area contributed by atoms with Crippen molar-refractivity contribution in [1.29, 1.82) is 0 Å². The number of aromatic hydroxyl groups is 1. The van der Waals surface area contributed by atoms with Gasteiger partial charge in [0.25, 0.3) is 5.56 Å². The minimum Gasteiger partial charge on any atom is -0.505 e. The molecule has 2 heterocycles. The van der Waals surface area contributed by atoms with E-state index in [9.17, 15) is 19.8 Å². The average molecular weight is 411 g/mol. The summed E-state index contributed by atoms with van der Waals surface area (Å²) in [6.45, 7) is -0.204. The Labute approximate surface area is 168 Å². The smallest absolute Gasteiger partial charge is 0.354 e. The maximum atomic E-state index is 13.1. The van der Waals surface area contributed by atoms with Crippen LogP contribution in [-0.2, 0) is 6.54 Å². The standard InChI is InChI=1S/C21H17NO6S/c1-27-12-5-4-6-13(11-12)29-19-17(24)16-18(28-21(19)26)14-7-2-3-8-15(14)22(9-10-23)20(16)25/h2-8,11,23-24H,9-10H2,1H3. The first-order chi connectivity index (χ1) is 14.0. The van der Waals surface area contributed by atoms with Crippen LogP contribution in [0.15, 0.2) is 72.3 Å². The van der Waals surface area contributed by atoms with Crippen molar-refractivity contribution in [2.24, 2.45) is 0 Å². The summed E-state index contributed by atoms with van der Waals surface area (Å²) in [5, 5.41) is 20.6. The molecule has 0 aliphatic heterocycles. The van der Waals surface area contributed by atoms with Crippen LogP contribution in [0.1, 0.15) is 0 Å². The first-order valence-corrected chi connectivity index (χ1v) is 9.61. The Balaban J connectivity index is 2.01. The molecule has 2 aromatic heterocycles. The quantitative estimate of drug-likeness (QED) is 0.487. The summed E-state index contributed by atoms with van der Waals surface area (Å²) in [5.41, 5.74) is -0.749. The number of aliphatic hydroxyl groups excluding tert-OH is 1. The fourth-order valence-electron chi connectivity index (χ4n) is 3.24. The van der Waals surface area contributed by atoms with Crippen LogP contribution in [0.25, 0.3) is 21.9 Å². The predicted octanol–water partition coefficient (Wildman–Crippen LogP) is 2.97. The zero-order valence-corrected chi connectivity index (χ0v) is 16.2. The fraction of sp³-hybridized carbons (Fsp3) is 0.143. The molecule has 0 unspecified atom stereocenters. The lowest BCUT2D eigenvalue weighted by molar-refractivity contribution is 0.276. The molecular weight excluding hydrogens is 394 g/mol. The van der Waals surface area contributed by atoms with Gasteiger partial charge in [-0.15, -0.1) is 0 Å². The third-order valence-electron chi connectivity index (χ3n) is 4.54. The molecule has 0 fully saturated rings. The summed E-state index contributed by atoms with van der Waals surface area (Å²) >= 11 is 0.985. The Morgan fingerprint density at radius 2 is 1.93 bits per heavy atom. The van der Waals surface area contributed by atoms with Crippen LogP contribution < -0.4 is 15.9 Å². The number of para-hydroxylation sites is 1. The van der Waals surface area contributed by atoms with Crippen molar-refractivity contribution in [3.8, 4) is 11.5 Å². The fourth-order valence-corrected chi connectivity index (χ4v) is 4.12. The molecule has 0 aliphatic carbocycles. The Bertz CT molecular complexity index is 1340. The van der Waals surface area contributed by atoms with E-state index in [0.29, 0.717) is 21.5 Å². The summed E-state index contributed by atoms with van der Waals surface area (Å²) in [6, 6.07) is 13.8. The molecule has 148 valence electrons. The zero-order chi connectivity index (χ0) is 20.5. The Morgan fingerprint density at radius 1 is 1.14 bits per heavy atom. The van der Waals surface area contributed by atoms with Crippen molar-refractivity contribution in [3.63, 3.8) is 0 Å². The molecule has 0 radical (unpaired) electrons. The molecule has 0 saturated heterocycles. The Kier molecular flexibility index (Phi) is 5.04. The molecular formula is C21H17NO6S. The average Bonchev–Trinajstić information content (AvgIpc) is 2.74. The minimum absolute atomic E-state index is 0.0253. The van der Waals surface area contributed by atoms with E-state index in [0.717, 1.165) is 11.8 Å². The largest absolute Gasteiger partial charge is 0.505 e. The second-order valence-corrected chi connectivity index (χ2v) is 7.33. The third kappa shape index (κ3) is 3.26. The van der Waals surface area contributed by atoms with Gasteiger partial charge in [-0.25, -0.2) is 4.79 Å². The SMILES string of the molecule is COc1cccc(Sc2c(O)c3c(=O)n(CCO)c4ccccc4c3oc2=O)c1. The van der Waals surface area contributed by atoms with E-state index in [1.807, 2.05) is 0 Å². The summed E-state index contributed by atoms with van der Waals surface area (Å²) < 4.78 is 12.0. The van der Waals surface area contributed by atoms with Gasteiger partial charge in [-0.2, -0.15) is 0 Å². The van der Waals surface area contributed by atoms with Gasteiger partial charge in [0.15, 0.2) is 11.3 Å². The number of rotatable bonds is 5. The van der Waals surface area contributed by atoms with Gasteiger partial charge >= 0.3 is 5.63 Å². The van der Waals surface area contributed by atoms with Crippen molar-refractivity contribution in [2.75, 3.05) is 13.7 Å². The van der Waals surface area contributed by atoms with Crippen LogP contribution in [0.2, 0.25) is 0 Å². The van der Waals surface area contributed by atoms with Gasteiger partial charge in [-0.3, -0.25) is 4.79 Å². The first kappa shape index (κ1) is 19.1. The second kappa shape index (κ2) is 7.65. The van der Waals surface area contributed by atoms with Gasteiger partial charge in [0.2, 0.25) is 0 Å². The lowest BCUT2D eigenvalue weighted by atomic mass is 10.1. The van der Waals surface area contributed by atoms with E-state index in [1.165, 1.54) is 11.7 Å². The molecule has 2 aromatic carbocycles. The number of nitrogens with zero attached hydrogens (tertiary/aromatic N) is 1. The van der Waals surface area contributed by atoms with Gasteiger partial charge in [0, 0.05) is 16.8 Å².